The Labute approximate surface area is 108 Å². The van der Waals surface area contributed by atoms with Crippen molar-refractivity contribution in [3.8, 4) is 0 Å². The van der Waals surface area contributed by atoms with Gasteiger partial charge in [0.2, 0.25) is 0 Å². The highest BCUT2D eigenvalue weighted by atomic mass is 15.1. The summed E-state index contributed by atoms with van der Waals surface area (Å²) in [7, 11) is 0. The van der Waals surface area contributed by atoms with E-state index >= 15 is 0 Å². The fourth-order valence-electron chi connectivity index (χ4n) is 2.76. The molecular weight excluding hydrogens is 222 g/mol. The van der Waals surface area contributed by atoms with Crippen LogP contribution >= 0.6 is 0 Å². The third kappa shape index (κ3) is 2.31. The molecule has 94 valence electrons. The lowest BCUT2D eigenvalue weighted by molar-refractivity contribution is 0.344. The summed E-state index contributed by atoms with van der Waals surface area (Å²) in [5, 5.41) is 1.24. The number of fused-ring (bicyclic) bond motifs is 1. The molecule has 0 unspecified atom stereocenters. The van der Waals surface area contributed by atoms with Crippen molar-refractivity contribution in [2.45, 2.75) is 19.3 Å². The summed E-state index contributed by atoms with van der Waals surface area (Å²) >= 11 is 0. The maximum Gasteiger partial charge on any atom is 0.124 e. The van der Waals surface area contributed by atoms with Gasteiger partial charge in [0.15, 0.2) is 0 Å². The molecule has 0 radical (unpaired) electrons. The van der Waals surface area contributed by atoms with Gasteiger partial charge in [0.1, 0.15) is 5.82 Å². The predicted molar refractivity (Wildman–Crippen MR) is 75.5 cm³/mol. The molecule has 1 aliphatic rings. The quantitative estimate of drug-likeness (QED) is 0.897. The molecule has 3 heteroatoms. The molecule has 1 aromatic carbocycles. The van der Waals surface area contributed by atoms with Gasteiger partial charge in [-0.3, -0.25) is 0 Å². The van der Waals surface area contributed by atoms with E-state index in [0.717, 1.165) is 18.5 Å². The molecule has 3 rings (SSSR count). The van der Waals surface area contributed by atoms with Crippen molar-refractivity contribution < 1.29 is 0 Å². The van der Waals surface area contributed by atoms with E-state index in [-0.39, 0.29) is 0 Å². The molecule has 1 saturated heterocycles. The second kappa shape index (κ2) is 4.94. The van der Waals surface area contributed by atoms with Crippen molar-refractivity contribution in [1.29, 1.82) is 0 Å². The largest absolute Gasteiger partial charge is 0.384 e. The van der Waals surface area contributed by atoms with Gasteiger partial charge in [0.25, 0.3) is 0 Å². The molecule has 2 N–H and O–H groups in total. The Kier molecular flexibility index (Phi) is 3.15. The predicted octanol–water partition coefficient (Wildman–Crippen LogP) is 2.46. The van der Waals surface area contributed by atoms with E-state index in [9.17, 15) is 0 Å². The summed E-state index contributed by atoms with van der Waals surface area (Å²) in [6.45, 7) is 3.63. The van der Waals surface area contributed by atoms with Crippen LogP contribution in [0.1, 0.15) is 18.4 Å². The number of pyridine rings is 1. The molecule has 18 heavy (non-hydrogen) atoms. The van der Waals surface area contributed by atoms with Crippen LogP contribution in [0.3, 0.4) is 0 Å². The van der Waals surface area contributed by atoms with E-state index in [1.807, 2.05) is 18.2 Å². The number of nitrogen functional groups attached to an aromatic ring is 1. The van der Waals surface area contributed by atoms with Crippen LogP contribution in [0.5, 0.6) is 0 Å². The first-order valence-electron chi connectivity index (χ1n) is 6.69. The maximum atomic E-state index is 5.88. The van der Waals surface area contributed by atoms with Crippen LogP contribution in [-0.4, -0.2) is 29.5 Å². The molecule has 0 amide bonds. The summed E-state index contributed by atoms with van der Waals surface area (Å²) in [6, 6.07) is 10.3. The minimum absolute atomic E-state index is 0.630. The fraction of sp³-hybridized carbons (Fsp3) is 0.400. The first kappa shape index (κ1) is 11.5. The van der Waals surface area contributed by atoms with Crippen LogP contribution in [0.4, 0.5) is 5.82 Å². The fourth-order valence-corrected chi connectivity index (χ4v) is 2.76. The molecule has 1 aliphatic heterocycles. The normalized spacial score (nSPS) is 16.4. The van der Waals surface area contributed by atoms with Crippen LogP contribution in [0.25, 0.3) is 10.9 Å². The third-order valence-electron chi connectivity index (χ3n) is 3.72. The van der Waals surface area contributed by atoms with Crippen LogP contribution in [0.2, 0.25) is 0 Å². The van der Waals surface area contributed by atoms with E-state index in [2.05, 4.69) is 22.0 Å². The number of hydrogen-bond acceptors (Lipinski definition) is 3. The number of anilines is 1. The highest BCUT2D eigenvalue weighted by Gasteiger charge is 2.12. The first-order chi connectivity index (χ1) is 8.83. The average Bonchev–Trinajstić information content (AvgIpc) is 2.89. The summed E-state index contributed by atoms with van der Waals surface area (Å²) in [5.41, 5.74) is 8.22. The number of nitrogens with zero attached hydrogens (tertiary/aromatic N) is 2. The van der Waals surface area contributed by atoms with Gasteiger partial charge in [-0.2, -0.15) is 0 Å². The van der Waals surface area contributed by atoms with Crippen LogP contribution in [0, 0.1) is 0 Å². The van der Waals surface area contributed by atoms with Crippen molar-refractivity contribution in [2.75, 3.05) is 25.4 Å². The number of likely N-dealkylation sites (tertiary alicyclic amines) is 1. The zero-order valence-electron chi connectivity index (χ0n) is 10.6. The summed E-state index contributed by atoms with van der Waals surface area (Å²) in [6.07, 6.45) is 3.76. The molecular formula is C15H19N3. The molecule has 2 aromatic rings. The third-order valence-corrected chi connectivity index (χ3v) is 3.72. The molecule has 3 nitrogen and oxygen atoms in total. The standard InChI is InChI=1S/C15H19N3/c16-15-11-12(7-10-18-8-3-4-9-18)13-5-1-2-6-14(13)17-15/h1-2,5-6,11H,3-4,7-10H2,(H2,16,17). The minimum atomic E-state index is 0.630. The lowest BCUT2D eigenvalue weighted by atomic mass is 10.1. The van der Waals surface area contributed by atoms with E-state index in [1.54, 1.807) is 0 Å². The van der Waals surface area contributed by atoms with Crippen LogP contribution < -0.4 is 5.73 Å². The molecule has 1 fully saturated rings. The molecule has 0 aliphatic carbocycles. The Bertz CT molecular complexity index is 544. The zero-order chi connectivity index (χ0) is 12.4. The lowest BCUT2D eigenvalue weighted by Crippen LogP contribution is -2.22. The van der Waals surface area contributed by atoms with Gasteiger partial charge in [-0.25, -0.2) is 4.98 Å². The zero-order valence-corrected chi connectivity index (χ0v) is 10.6. The van der Waals surface area contributed by atoms with Crippen molar-refractivity contribution in [3.63, 3.8) is 0 Å². The number of aromatic nitrogens is 1. The smallest absolute Gasteiger partial charge is 0.124 e. The van der Waals surface area contributed by atoms with Gasteiger partial charge < -0.3 is 10.6 Å². The number of hydrogen-bond donors (Lipinski definition) is 1. The van der Waals surface area contributed by atoms with Gasteiger partial charge in [-0.05, 0) is 50.0 Å². The highest BCUT2D eigenvalue weighted by Crippen LogP contribution is 2.20. The van der Waals surface area contributed by atoms with Gasteiger partial charge in [0, 0.05) is 11.9 Å². The minimum Gasteiger partial charge on any atom is -0.384 e. The molecule has 0 spiro atoms. The topological polar surface area (TPSA) is 42.1 Å². The van der Waals surface area contributed by atoms with E-state index < -0.39 is 0 Å². The van der Waals surface area contributed by atoms with E-state index in [4.69, 9.17) is 5.73 Å². The maximum absolute atomic E-state index is 5.88. The van der Waals surface area contributed by atoms with Crippen molar-refractivity contribution in [1.82, 2.24) is 9.88 Å². The molecule has 2 heterocycles. The Hall–Kier alpha value is -1.61. The Morgan fingerprint density at radius 3 is 2.78 bits per heavy atom. The van der Waals surface area contributed by atoms with Crippen LogP contribution in [-0.2, 0) is 6.42 Å². The Balaban J connectivity index is 1.85. The molecule has 1 aromatic heterocycles. The molecule has 0 atom stereocenters. The van der Waals surface area contributed by atoms with Crippen molar-refractivity contribution in [3.05, 3.63) is 35.9 Å². The van der Waals surface area contributed by atoms with Gasteiger partial charge in [0.05, 0.1) is 5.52 Å². The van der Waals surface area contributed by atoms with Gasteiger partial charge >= 0.3 is 0 Å². The SMILES string of the molecule is Nc1cc(CCN2CCCC2)c2ccccc2n1. The van der Waals surface area contributed by atoms with Crippen molar-refractivity contribution in [2.24, 2.45) is 0 Å². The number of nitrogens with two attached hydrogens (primary N) is 1. The Morgan fingerprint density at radius 1 is 1.17 bits per heavy atom. The number of rotatable bonds is 3. The van der Waals surface area contributed by atoms with E-state index in [1.165, 1.54) is 36.9 Å². The lowest BCUT2D eigenvalue weighted by Gasteiger charge is -2.15. The second-order valence-corrected chi connectivity index (χ2v) is 5.02. The average molecular weight is 241 g/mol. The number of para-hydroxylation sites is 1. The van der Waals surface area contributed by atoms with E-state index in [0.29, 0.717) is 5.82 Å². The summed E-state index contributed by atoms with van der Waals surface area (Å²) in [5.74, 6) is 0.630. The number of benzene rings is 1. The highest BCUT2D eigenvalue weighted by molar-refractivity contribution is 5.83. The Morgan fingerprint density at radius 2 is 1.94 bits per heavy atom. The van der Waals surface area contributed by atoms with Crippen molar-refractivity contribution >= 4 is 16.7 Å². The van der Waals surface area contributed by atoms with Gasteiger partial charge in [-0.15, -0.1) is 0 Å². The second-order valence-electron chi connectivity index (χ2n) is 5.02. The van der Waals surface area contributed by atoms with Crippen LogP contribution in [0.15, 0.2) is 30.3 Å². The first-order valence-corrected chi connectivity index (χ1v) is 6.69. The summed E-state index contributed by atoms with van der Waals surface area (Å²) < 4.78 is 0. The molecule has 0 bridgehead atoms. The monoisotopic (exact) mass is 241 g/mol. The summed E-state index contributed by atoms with van der Waals surface area (Å²) in [4.78, 5) is 6.91. The molecule has 0 saturated carbocycles. The van der Waals surface area contributed by atoms with Gasteiger partial charge in [-0.1, -0.05) is 18.2 Å².